The first-order valence-electron chi connectivity index (χ1n) is 10.2. The Morgan fingerprint density at radius 3 is 2.43 bits per heavy atom. The monoisotopic (exact) mass is 427 g/mol. The Labute approximate surface area is 180 Å². The summed E-state index contributed by atoms with van der Waals surface area (Å²) in [5.74, 6) is 0.468. The largest absolute Gasteiger partial charge is 0.324 e. The van der Waals surface area contributed by atoms with Gasteiger partial charge in [0.1, 0.15) is 5.82 Å². The van der Waals surface area contributed by atoms with Gasteiger partial charge in [-0.1, -0.05) is 12.1 Å². The summed E-state index contributed by atoms with van der Waals surface area (Å²) >= 11 is 1.79. The van der Waals surface area contributed by atoms with Crippen molar-refractivity contribution in [3.8, 4) is 0 Å². The molecule has 7 heteroatoms. The van der Waals surface area contributed by atoms with Crippen LogP contribution in [0.4, 0.5) is 14.9 Å². The summed E-state index contributed by atoms with van der Waals surface area (Å²) in [5.41, 5.74) is 3.56. The van der Waals surface area contributed by atoms with Gasteiger partial charge in [-0.15, -0.1) is 11.8 Å². The lowest BCUT2D eigenvalue weighted by atomic mass is 10.0. The molecule has 158 valence electrons. The maximum Gasteiger partial charge on any atom is 0.321 e. The smallest absolute Gasteiger partial charge is 0.321 e. The lowest BCUT2D eigenvalue weighted by Gasteiger charge is -2.44. The van der Waals surface area contributed by atoms with E-state index in [1.165, 1.54) is 12.1 Å². The number of anilines is 1. The van der Waals surface area contributed by atoms with E-state index in [1.54, 1.807) is 23.9 Å². The van der Waals surface area contributed by atoms with E-state index >= 15 is 0 Å². The van der Waals surface area contributed by atoms with Crippen LogP contribution in [0.3, 0.4) is 0 Å². The van der Waals surface area contributed by atoms with E-state index in [1.807, 2.05) is 41.8 Å². The highest BCUT2D eigenvalue weighted by atomic mass is 32.2. The standard InChI is InChI=1S/C23H26FN3O2S/c1-16-4-3-5-20(17(16)2)25-22(29)26-12-10-23(11-13-26)27(14-15-30-23)21(28)18-6-8-19(24)9-7-18/h3-9H,10-15H2,1-2H3,(H,25,29). The number of benzene rings is 2. The molecule has 2 aliphatic heterocycles. The van der Waals surface area contributed by atoms with Crippen LogP contribution in [-0.4, -0.2) is 52.0 Å². The fourth-order valence-electron chi connectivity index (χ4n) is 4.20. The Hall–Kier alpha value is -2.54. The van der Waals surface area contributed by atoms with E-state index in [2.05, 4.69) is 5.32 Å². The number of carbonyl (C=O) groups is 2. The predicted molar refractivity (Wildman–Crippen MR) is 118 cm³/mol. The topological polar surface area (TPSA) is 52.7 Å². The number of amides is 3. The normalized spacial score (nSPS) is 18.0. The molecule has 2 aromatic rings. The molecule has 0 atom stereocenters. The maximum atomic E-state index is 13.2. The van der Waals surface area contributed by atoms with Crippen LogP contribution in [0.1, 0.15) is 34.3 Å². The minimum absolute atomic E-state index is 0.0618. The molecular weight excluding hydrogens is 401 g/mol. The van der Waals surface area contributed by atoms with E-state index in [0.717, 1.165) is 35.4 Å². The molecule has 1 N–H and O–H groups in total. The molecule has 2 heterocycles. The summed E-state index contributed by atoms with van der Waals surface area (Å²) in [6.07, 6.45) is 1.45. The average molecular weight is 428 g/mol. The van der Waals surface area contributed by atoms with Crippen molar-refractivity contribution in [2.24, 2.45) is 0 Å². The van der Waals surface area contributed by atoms with Gasteiger partial charge in [-0.3, -0.25) is 4.79 Å². The van der Waals surface area contributed by atoms with Gasteiger partial charge in [-0.2, -0.15) is 0 Å². The molecule has 1 spiro atoms. The second kappa shape index (κ2) is 8.30. The number of halogens is 1. The van der Waals surface area contributed by atoms with Crippen LogP contribution < -0.4 is 5.32 Å². The lowest BCUT2D eigenvalue weighted by Crippen LogP contribution is -2.54. The van der Waals surface area contributed by atoms with Gasteiger partial charge in [-0.25, -0.2) is 9.18 Å². The number of aryl methyl sites for hydroxylation is 1. The zero-order valence-corrected chi connectivity index (χ0v) is 18.1. The third-order valence-electron chi connectivity index (χ3n) is 6.19. The predicted octanol–water partition coefficient (Wildman–Crippen LogP) is 4.66. The van der Waals surface area contributed by atoms with Gasteiger partial charge in [-0.05, 0) is 68.1 Å². The van der Waals surface area contributed by atoms with Gasteiger partial charge in [0.05, 0.1) is 4.87 Å². The van der Waals surface area contributed by atoms with E-state index in [4.69, 9.17) is 0 Å². The minimum atomic E-state index is -0.347. The summed E-state index contributed by atoms with van der Waals surface area (Å²) in [6.45, 7) is 5.90. The Kier molecular flexibility index (Phi) is 5.73. The SMILES string of the molecule is Cc1cccc(NC(=O)N2CCC3(CC2)SCCN3C(=O)c2ccc(F)cc2)c1C. The second-order valence-electron chi connectivity index (χ2n) is 7.92. The zero-order valence-electron chi connectivity index (χ0n) is 17.3. The summed E-state index contributed by atoms with van der Waals surface area (Å²) < 4.78 is 13.2. The highest BCUT2D eigenvalue weighted by molar-refractivity contribution is 8.00. The number of carbonyl (C=O) groups excluding carboxylic acids is 2. The third kappa shape index (κ3) is 3.90. The molecule has 2 aliphatic rings. The molecule has 2 fully saturated rings. The molecule has 0 aliphatic carbocycles. The number of urea groups is 1. The van der Waals surface area contributed by atoms with E-state index < -0.39 is 0 Å². The zero-order chi connectivity index (χ0) is 21.3. The number of hydrogen-bond donors (Lipinski definition) is 1. The van der Waals surface area contributed by atoms with Gasteiger partial charge in [0.2, 0.25) is 0 Å². The van der Waals surface area contributed by atoms with Crippen LogP contribution in [0.5, 0.6) is 0 Å². The number of nitrogens with one attached hydrogen (secondary N) is 1. The molecular formula is C23H26FN3O2S. The number of likely N-dealkylation sites (tertiary alicyclic amines) is 1. The molecule has 2 saturated heterocycles. The van der Waals surface area contributed by atoms with Gasteiger partial charge in [0.25, 0.3) is 5.91 Å². The number of piperidine rings is 1. The quantitative estimate of drug-likeness (QED) is 0.759. The molecule has 0 bridgehead atoms. The van der Waals surface area contributed by atoms with Gasteiger partial charge >= 0.3 is 6.03 Å². The lowest BCUT2D eigenvalue weighted by molar-refractivity contribution is 0.0585. The maximum absolute atomic E-state index is 13.2. The Morgan fingerprint density at radius 2 is 1.73 bits per heavy atom. The Bertz CT molecular complexity index is 955. The molecule has 30 heavy (non-hydrogen) atoms. The van der Waals surface area contributed by atoms with Gasteiger partial charge in [0, 0.05) is 36.6 Å². The first-order valence-corrected chi connectivity index (χ1v) is 11.2. The average Bonchev–Trinajstić information content (AvgIpc) is 3.14. The van der Waals surface area contributed by atoms with Crippen molar-refractivity contribution >= 4 is 29.4 Å². The van der Waals surface area contributed by atoms with Gasteiger partial charge in [0.15, 0.2) is 0 Å². The number of nitrogens with zero attached hydrogens (tertiary/aromatic N) is 2. The fourth-order valence-corrected chi connectivity index (χ4v) is 5.65. The molecule has 2 aromatic carbocycles. The van der Waals surface area contributed by atoms with Crippen molar-refractivity contribution < 1.29 is 14.0 Å². The van der Waals surface area contributed by atoms with Crippen LogP contribution in [0.25, 0.3) is 0 Å². The van der Waals surface area contributed by atoms with E-state index in [9.17, 15) is 14.0 Å². The Balaban J connectivity index is 1.42. The van der Waals surface area contributed by atoms with Crippen molar-refractivity contribution in [3.63, 3.8) is 0 Å². The van der Waals surface area contributed by atoms with Crippen molar-refractivity contribution in [2.45, 2.75) is 31.6 Å². The molecule has 4 rings (SSSR count). The highest BCUT2D eigenvalue weighted by Gasteiger charge is 2.47. The summed E-state index contributed by atoms with van der Waals surface area (Å²) in [4.78, 5) is 29.3. The van der Waals surface area contributed by atoms with Crippen LogP contribution in [0.2, 0.25) is 0 Å². The van der Waals surface area contributed by atoms with Crippen LogP contribution in [0.15, 0.2) is 42.5 Å². The molecule has 0 radical (unpaired) electrons. The molecule has 0 saturated carbocycles. The first-order chi connectivity index (χ1) is 14.4. The Morgan fingerprint density at radius 1 is 1.03 bits per heavy atom. The van der Waals surface area contributed by atoms with Crippen molar-refractivity contribution in [1.29, 1.82) is 0 Å². The third-order valence-corrected chi connectivity index (χ3v) is 7.74. The minimum Gasteiger partial charge on any atom is -0.324 e. The second-order valence-corrected chi connectivity index (χ2v) is 9.38. The number of thioether (sulfide) groups is 1. The van der Waals surface area contributed by atoms with Crippen molar-refractivity contribution in [1.82, 2.24) is 9.80 Å². The summed E-state index contributed by atoms with van der Waals surface area (Å²) in [6, 6.07) is 11.5. The van der Waals surface area contributed by atoms with E-state index in [-0.39, 0.29) is 22.6 Å². The van der Waals surface area contributed by atoms with E-state index in [0.29, 0.717) is 25.2 Å². The summed E-state index contributed by atoms with van der Waals surface area (Å²) in [7, 11) is 0. The van der Waals surface area contributed by atoms with Gasteiger partial charge < -0.3 is 15.1 Å². The van der Waals surface area contributed by atoms with Crippen LogP contribution in [-0.2, 0) is 0 Å². The van der Waals surface area contributed by atoms with Crippen molar-refractivity contribution in [2.75, 3.05) is 30.7 Å². The molecule has 3 amide bonds. The molecule has 0 aromatic heterocycles. The summed E-state index contributed by atoms with van der Waals surface area (Å²) in [5, 5.41) is 3.03. The first kappa shape index (κ1) is 20.7. The highest BCUT2D eigenvalue weighted by Crippen LogP contribution is 2.44. The van der Waals surface area contributed by atoms with Crippen LogP contribution in [0, 0.1) is 19.7 Å². The molecule has 0 unspecified atom stereocenters. The molecule has 5 nitrogen and oxygen atoms in total. The van der Waals surface area contributed by atoms with Crippen LogP contribution >= 0.6 is 11.8 Å². The number of rotatable bonds is 2. The number of hydrogen-bond acceptors (Lipinski definition) is 3. The van der Waals surface area contributed by atoms with Crippen molar-refractivity contribution in [3.05, 3.63) is 65.0 Å². The fraction of sp³-hybridized carbons (Fsp3) is 0.391.